The predicted molar refractivity (Wildman–Crippen MR) is 160 cm³/mol. The molecule has 9 heteroatoms. The van der Waals surface area contributed by atoms with Crippen LogP contribution in [0.3, 0.4) is 0 Å². The molecule has 8 nitrogen and oxygen atoms in total. The number of ether oxygens (including phenoxy) is 1. The first-order chi connectivity index (χ1) is 20.0. The van der Waals surface area contributed by atoms with E-state index in [-0.39, 0.29) is 48.7 Å². The van der Waals surface area contributed by atoms with Gasteiger partial charge in [0.05, 0.1) is 23.8 Å². The fourth-order valence-electron chi connectivity index (χ4n) is 5.55. The second-order valence-electron chi connectivity index (χ2n) is 11.8. The summed E-state index contributed by atoms with van der Waals surface area (Å²) in [6, 6.07) is 12.7. The van der Waals surface area contributed by atoms with E-state index < -0.39 is 17.8 Å². The van der Waals surface area contributed by atoms with Crippen molar-refractivity contribution < 1.29 is 23.5 Å². The first-order valence-electron chi connectivity index (χ1n) is 14.4. The quantitative estimate of drug-likeness (QED) is 0.352. The molecule has 2 aliphatic heterocycles. The maximum atomic E-state index is 14.3. The van der Waals surface area contributed by atoms with E-state index in [0.717, 1.165) is 11.1 Å². The van der Waals surface area contributed by atoms with Gasteiger partial charge in [-0.05, 0) is 42.5 Å². The molecule has 2 heterocycles. The SMILES string of the molecule is C=CCN1C(=O)NC(c2ccc(C(C)(C)C)cc2)C(C(=O)OCC)=C1CN1CCN(C(=O)c2ccccc2F)C(C)C1. The van der Waals surface area contributed by atoms with Gasteiger partial charge in [0.25, 0.3) is 5.91 Å². The van der Waals surface area contributed by atoms with Crippen molar-refractivity contribution in [1.82, 2.24) is 20.0 Å². The normalized spacial score (nSPS) is 19.9. The Bertz CT molecular complexity index is 1360. The van der Waals surface area contributed by atoms with Gasteiger partial charge < -0.3 is 15.0 Å². The number of carbonyl (C=O) groups is 3. The minimum atomic E-state index is -0.692. The molecular weight excluding hydrogens is 535 g/mol. The van der Waals surface area contributed by atoms with Crippen molar-refractivity contribution >= 4 is 17.9 Å². The fourth-order valence-corrected chi connectivity index (χ4v) is 5.55. The Morgan fingerprint density at radius 1 is 1.12 bits per heavy atom. The molecule has 0 aromatic heterocycles. The third-order valence-corrected chi connectivity index (χ3v) is 7.81. The summed E-state index contributed by atoms with van der Waals surface area (Å²) in [6.45, 7) is 15.9. The molecule has 224 valence electrons. The van der Waals surface area contributed by atoms with Gasteiger partial charge in [0.2, 0.25) is 0 Å². The van der Waals surface area contributed by atoms with Gasteiger partial charge in [0.15, 0.2) is 0 Å². The van der Waals surface area contributed by atoms with Gasteiger partial charge in [-0.1, -0.05) is 63.2 Å². The summed E-state index contributed by atoms with van der Waals surface area (Å²) < 4.78 is 19.9. The minimum Gasteiger partial charge on any atom is -0.463 e. The number of rotatable bonds is 8. The highest BCUT2D eigenvalue weighted by molar-refractivity contribution is 5.96. The molecule has 3 amide bonds. The van der Waals surface area contributed by atoms with Gasteiger partial charge in [-0.25, -0.2) is 14.0 Å². The molecule has 0 spiro atoms. The van der Waals surface area contributed by atoms with Crippen molar-refractivity contribution in [1.29, 1.82) is 0 Å². The van der Waals surface area contributed by atoms with Gasteiger partial charge in [0, 0.05) is 44.5 Å². The standard InChI is InChI=1S/C33H41FN4O4/c1-7-17-38-27(21-36-18-19-37(22(3)20-36)30(39)25-11-9-10-12-26(25)34)28(31(40)42-8-2)29(35-32(38)41)23-13-15-24(16-14-23)33(4,5)6/h7,9-16,22,29H,1,8,17-21H2,2-6H3,(H,35,41). The molecule has 1 saturated heterocycles. The van der Waals surface area contributed by atoms with Crippen LogP contribution in [0.25, 0.3) is 0 Å². The molecule has 0 saturated carbocycles. The average Bonchev–Trinajstić information content (AvgIpc) is 2.94. The van der Waals surface area contributed by atoms with Crippen LogP contribution in [0.5, 0.6) is 0 Å². The number of hydrogen-bond acceptors (Lipinski definition) is 5. The number of urea groups is 1. The predicted octanol–water partition coefficient (Wildman–Crippen LogP) is 5.04. The number of esters is 1. The van der Waals surface area contributed by atoms with E-state index in [4.69, 9.17) is 4.74 Å². The van der Waals surface area contributed by atoms with Gasteiger partial charge >= 0.3 is 12.0 Å². The maximum absolute atomic E-state index is 14.3. The van der Waals surface area contributed by atoms with Crippen LogP contribution in [0.1, 0.15) is 62.1 Å². The molecule has 4 rings (SSSR count). The third kappa shape index (κ3) is 6.57. The monoisotopic (exact) mass is 576 g/mol. The Morgan fingerprint density at radius 2 is 1.81 bits per heavy atom. The van der Waals surface area contributed by atoms with Gasteiger partial charge in [0.1, 0.15) is 5.82 Å². The molecular formula is C33H41FN4O4. The van der Waals surface area contributed by atoms with Crippen molar-refractivity contribution in [3.8, 4) is 0 Å². The Hall–Kier alpha value is -3.98. The maximum Gasteiger partial charge on any atom is 0.338 e. The summed E-state index contributed by atoms with van der Waals surface area (Å²) in [5, 5.41) is 3.01. The number of amides is 3. The topological polar surface area (TPSA) is 82.2 Å². The molecule has 0 radical (unpaired) electrons. The molecule has 0 bridgehead atoms. The minimum absolute atomic E-state index is 0.0477. The zero-order valence-corrected chi connectivity index (χ0v) is 25.2. The molecule has 2 aliphatic rings. The van der Waals surface area contributed by atoms with E-state index in [1.54, 1.807) is 30.0 Å². The number of halogens is 1. The molecule has 1 N–H and O–H groups in total. The van der Waals surface area contributed by atoms with Crippen LogP contribution in [0.2, 0.25) is 0 Å². The van der Waals surface area contributed by atoms with Gasteiger partial charge in [-0.2, -0.15) is 0 Å². The first-order valence-corrected chi connectivity index (χ1v) is 14.4. The number of nitrogens with zero attached hydrogens (tertiary/aromatic N) is 3. The second-order valence-corrected chi connectivity index (χ2v) is 11.8. The highest BCUT2D eigenvalue weighted by Gasteiger charge is 2.39. The molecule has 2 aromatic carbocycles. The second kappa shape index (κ2) is 12.9. The van der Waals surface area contributed by atoms with E-state index in [9.17, 15) is 18.8 Å². The molecule has 0 aliphatic carbocycles. The summed E-state index contributed by atoms with van der Waals surface area (Å²) >= 11 is 0. The lowest BCUT2D eigenvalue weighted by atomic mass is 9.85. The van der Waals surface area contributed by atoms with Gasteiger partial charge in [-0.3, -0.25) is 14.6 Å². The summed E-state index contributed by atoms with van der Waals surface area (Å²) in [4.78, 5) is 45.4. The van der Waals surface area contributed by atoms with Crippen LogP contribution < -0.4 is 5.32 Å². The Kier molecular flexibility index (Phi) is 9.51. The zero-order valence-electron chi connectivity index (χ0n) is 25.2. The van der Waals surface area contributed by atoms with E-state index >= 15 is 0 Å². The number of nitrogens with one attached hydrogen (secondary N) is 1. The highest BCUT2D eigenvalue weighted by atomic mass is 19.1. The number of benzene rings is 2. The average molecular weight is 577 g/mol. The zero-order chi connectivity index (χ0) is 30.6. The van der Waals surface area contributed by atoms with E-state index in [1.807, 2.05) is 31.2 Å². The smallest absolute Gasteiger partial charge is 0.338 e. The van der Waals surface area contributed by atoms with Crippen molar-refractivity contribution in [2.24, 2.45) is 0 Å². The Balaban J connectivity index is 1.67. The molecule has 1 fully saturated rings. The molecule has 42 heavy (non-hydrogen) atoms. The summed E-state index contributed by atoms with van der Waals surface area (Å²) in [6.07, 6.45) is 1.62. The third-order valence-electron chi connectivity index (χ3n) is 7.81. The van der Waals surface area contributed by atoms with Crippen LogP contribution in [-0.4, -0.2) is 78.0 Å². The summed E-state index contributed by atoms with van der Waals surface area (Å²) in [7, 11) is 0. The van der Waals surface area contributed by atoms with Crippen LogP contribution in [0, 0.1) is 5.82 Å². The van der Waals surface area contributed by atoms with Crippen LogP contribution in [0.4, 0.5) is 9.18 Å². The van der Waals surface area contributed by atoms with E-state index in [1.165, 1.54) is 17.0 Å². The lowest BCUT2D eigenvalue weighted by Gasteiger charge is -2.43. The molecule has 2 atom stereocenters. The van der Waals surface area contributed by atoms with Crippen molar-refractivity contribution in [2.75, 3.05) is 39.3 Å². The lowest BCUT2D eigenvalue weighted by molar-refractivity contribution is -0.139. The lowest BCUT2D eigenvalue weighted by Crippen LogP contribution is -2.56. The first kappa shape index (κ1) is 31.0. The fraction of sp³-hybridized carbons (Fsp3) is 0.424. The number of hydrogen-bond donors (Lipinski definition) is 1. The van der Waals surface area contributed by atoms with Crippen LogP contribution >= 0.6 is 0 Å². The van der Waals surface area contributed by atoms with Gasteiger partial charge in [-0.15, -0.1) is 6.58 Å². The van der Waals surface area contributed by atoms with Crippen molar-refractivity contribution in [3.05, 3.63) is 95.0 Å². The molecule has 2 unspecified atom stereocenters. The van der Waals surface area contributed by atoms with E-state index in [2.05, 4.69) is 37.6 Å². The summed E-state index contributed by atoms with van der Waals surface area (Å²) in [5.41, 5.74) is 2.84. The highest BCUT2D eigenvalue weighted by Crippen LogP contribution is 2.34. The number of piperazine rings is 1. The molecule has 2 aromatic rings. The summed E-state index contributed by atoms with van der Waals surface area (Å²) in [5.74, 6) is -1.39. The van der Waals surface area contributed by atoms with E-state index in [0.29, 0.717) is 30.9 Å². The Labute approximate surface area is 247 Å². The van der Waals surface area contributed by atoms with Crippen LogP contribution in [0.15, 0.2) is 72.5 Å². The van der Waals surface area contributed by atoms with Crippen molar-refractivity contribution in [3.63, 3.8) is 0 Å². The van der Waals surface area contributed by atoms with Crippen LogP contribution in [-0.2, 0) is 14.9 Å². The Morgan fingerprint density at radius 3 is 2.40 bits per heavy atom. The largest absolute Gasteiger partial charge is 0.463 e. The number of carbonyl (C=O) groups excluding carboxylic acids is 3. The van der Waals surface area contributed by atoms with Crippen molar-refractivity contribution in [2.45, 2.75) is 52.1 Å².